The zero-order valence-electron chi connectivity index (χ0n) is 9.23. The predicted molar refractivity (Wildman–Crippen MR) is 61.7 cm³/mol. The van der Waals surface area contributed by atoms with Gasteiger partial charge in [0, 0.05) is 0 Å². The van der Waals surface area contributed by atoms with Crippen LogP contribution in [0.3, 0.4) is 0 Å². The molecule has 0 saturated carbocycles. The van der Waals surface area contributed by atoms with Crippen molar-refractivity contribution >= 4 is 0 Å². The van der Waals surface area contributed by atoms with Crippen LogP contribution in [0.2, 0.25) is 0 Å². The number of hydrogen-bond donors (Lipinski definition) is 0. The Morgan fingerprint density at radius 1 is 0.846 bits per heavy atom. The van der Waals surface area contributed by atoms with E-state index in [4.69, 9.17) is 0 Å². The molecule has 77 valence electrons. The molecule has 0 rings (SSSR count). The smallest absolute Gasteiger partial charge is 0.0351 e. The Labute approximate surface area is 84.4 Å². The van der Waals surface area contributed by atoms with Crippen LogP contribution in [0.4, 0.5) is 0 Å². The standard InChI is InChI=1S/C13H25/c1-3-5-7-9-11-13-12-10-8-6-4-2/h7,9H,1,3-6,8,10-13H2,2H3/b9-7+. The van der Waals surface area contributed by atoms with Crippen LogP contribution < -0.4 is 0 Å². The molecule has 0 fully saturated rings. The van der Waals surface area contributed by atoms with Crippen LogP contribution in [0.15, 0.2) is 12.2 Å². The van der Waals surface area contributed by atoms with Gasteiger partial charge in [-0.25, -0.2) is 0 Å². The summed E-state index contributed by atoms with van der Waals surface area (Å²) in [6, 6.07) is 0. The fourth-order valence-electron chi connectivity index (χ4n) is 1.40. The minimum atomic E-state index is 1.03. The van der Waals surface area contributed by atoms with E-state index in [0.717, 1.165) is 12.8 Å². The Kier molecular flexibility index (Phi) is 11.5. The molecular weight excluding hydrogens is 156 g/mol. The zero-order valence-corrected chi connectivity index (χ0v) is 9.23. The summed E-state index contributed by atoms with van der Waals surface area (Å²) >= 11 is 0. The highest BCUT2D eigenvalue weighted by atomic mass is 13.9. The molecule has 0 aromatic rings. The van der Waals surface area contributed by atoms with Crippen molar-refractivity contribution in [3.63, 3.8) is 0 Å². The maximum absolute atomic E-state index is 3.80. The molecule has 0 spiro atoms. The molecule has 0 saturated heterocycles. The molecule has 0 aliphatic heterocycles. The van der Waals surface area contributed by atoms with Gasteiger partial charge >= 0.3 is 0 Å². The molecular formula is C13H25. The maximum atomic E-state index is 3.80. The van der Waals surface area contributed by atoms with Crippen LogP contribution in [0.25, 0.3) is 0 Å². The van der Waals surface area contributed by atoms with Crippen LogP contribution in [0.5, 0.6) is 0 Å². The quantitative estimate of drug-likeness (QED) is 0.350. The highest BCUT2D eigenvalue weighted by Gasteiger charge is 1.87. The summed E-state index contributed by atoms with van der Waals surface area (Å²) in [7, 11) is 0. The average molecular weight is 181 g/mol. The van der Waals surface area contributed by atoms with Crippen molar-refractivity contribution < 1.29 is 0 Å². The molecule has 0 nitrogen and oxygen atoms in total. The van der Waals surface area contributed by atoms with Crippen molar-refractivity contribution in [3.8, 4) is 0 Å². The van der Waals surface area contributed by atoms with E-state index in [1.54, 1.807) is 0 Å². The van der Waals surface area contributed by atoms with Gasteiger partial charge in [0.25, 0.3) is 0 Å². The van der Waals surface area contributed by atoms with Gasteiger partial charge in [0.15, 0.2) is 0 Å². The molecule has 0 atom stereocenters. The van der Waals surface area contributed by atoms with Gasteiger partial charge in [-0.05, 0) is 25.7 Å². The Bertz CT molecular complexity index is 103. The highest BCUT2D eigenvalue weighted by molar-refractivity contribution is 4.81. The molecule has 0 heterocycles. The summed E-state index contributed by atoms with van der Waals surface area (Å²) in [5.74, 6) is 0. The van der Waals surface area contributed by atoms with Crippen LogP contribution in [-0.2, 0) is 0 Å². The lowest BCUT2D eigenvalue weighted by Crippen LogP contribution is -1.77. The van der Waals surface area contributed by atoms with Crippen molar-refractivity contribution in [3.05, 3.63) is 19.1 Å². The largest absolute Gasteiger partial charge is 0.0885 e. The van der Waals surface area contributed by atoms with Gasteiger partial charge in [0.2, 0.25) is 0 Å². The van der Waals surface area contributed by atoms with Crippen LogP contribution in [-0.4, -0.2) is 0 Å². The topological polar surface area (TPSA) is 0 Å². The Hall–Kier alpha value is -0.260. The van der Waals surface area contributed by atoms with Crippen molar-refractivity contribution in [1.29, 1.82) is 0 Å². The van der Waals surface area contributed by atoms with Gasteiger partial charge in [-0.3, -0.25) is 0 Å². The number of allylic oxidation sites excluding steroid dienone is 2. The van der Waals surface area contributed by atoms with Crippen LogP contribution in [0, 0.1) is 6.92 Å². The molecule has 0 aromatic heterocycles. The first-order chi connectivity index (χ1) is 6.41. The summed E-state index contributed by atoms with van der Waals surface area (Å²) in [6.45, 7) is 6.07. The van der Waals surface area contributed by atoms with Gasteiger partial charge in [-0.15, -0.1) is 0 Å². The third-order valence-electron chi connectivity index (χ3n) is 2.26. The van der Waals surface area contributed by atoms with Gasteiger partial charge in [0.05, 0.1) is 0 Å². The summed E-state index contributed by atoms with van der Waals surface area (Å²) in [5.41, 5.74) is 0. The fourth-order valence-corrected chi connectivity index (χ4v) is 1.40. The first-order valence-corrected chi connectivity index (χ1v) is 5.86. The molecule has 0 bridgehead atoms. The van der Waals surface area contributed by atoms with E-state index in [0.29, 0.717) is 0 Å². The number of hydrogen-bond acceptors (Lipinski definition) is 0. The maximum Gasteiger partial charge on any atom is -0.0351 e. The second kappa shape index (κ2) is 11.7. The van der Waals surface area contributed by atoms with E-state index < -0.39 is 0 Å². The number of unbranched alkanes of at least 4 members (excludes halogenated alkanes) is 7. The molecule has 0 amide bonds. The third-order valence-corrected chi connectivity index (χ3v) is 2.26. The molecule has 0 heteroatoms. The lowest BCUT2D eigenvalue weighted by molar-refractivity contribution is 0.611. The molecule has 0 unspecified atom stereocenters. The van der Waals surface area contributed by atoms with E-state index in [1.807, 2.05) is 0 Å². The summed E-state index contributed by atoms with van der Waals surface area (Å²) in [4.78, 5) is 0. The van der Waals surface area contributed by atoms with E-state index in [2.05, 4.69) is 26.0 Å². The zero-order chi connectivity index (χ0) is 9.78. The highest BCUT2D eigenvalue weighted by Crippen LogP contribution is 2.07. The summed E-state index contributed by atoms with van der Waals surface area (Å²) in [6.07, 6.45) is 16.4. The molecule has 1 radical (unpaired) electrons. The van der Waals surface area contributed by atoms with Crippen molar-refractivity contribution in [2.45, 2.75) is 64.7 Å². The first kappa shape index (κ1) is 12.7. The van der Waals surface area contributed by atoms with E-state index >= 15 is 0 Å². The Morgan fingerprint density at radius 3 is 2.15 bits per heavy atom. The third kappa shape index (κ3) is 11.7. The Balaban J connectivity index is 2.91. The molecule has 0 aliphatic carbocycles. The van der Waals surface area contributed by atoms with Crippen molar-refractivity contribution in [2.75, 3.05) is 0 Å². The Morgan fingerprint density at radius 2 is 1.46 bits per heavy atom. The molecule has 0 N–H and O–H groups in total. The first-order valence-electron chi connectivity index (χ1n) is 5.86. The van der Waals surface area contributed by atoms with Crippen LogP contribution >= 0.6 is 0 Å². The monoisotopic (exact) mass is 181 g/mol. The van der Waals surface area contributed by atoms with E-state index in [-0.39, 0.29) is 0 Å². The molecule has 13 heavy (non-hydrogen) atoms. The van der Waals surface area contributed by atoms with Crippen molar-refractivity contribution in [1.82, 2.24) is 0 Å². The van der Waals surface area contributed by atoms with Crippen LogP contribution in [0.1, 0.15) is 64.7 Å². The summed E-state index contributed by atoms with van der Waals surface area (Å²) in [5, 5.41) is 0. The number of rotatable bonds is 9. The van der Waals surface area contributed by atoms with Gasteiger partial charge < -0.3 is 0 Å². The van der Waals surface area contributed by atoms with Crippen molar-refractivity contribution in [2.24, 2.45) is 0 Å². The van der Waals surface area contributed by atoms with E-state index in [9.17, 15) is 0 Å². The molecule has 0 aliphatic rings. The lowest BCUT2D eigenvalue weighted by Gasteiger charge is -1.97. The average Bonchev–Trinajstić information content (AvgIpc) is 2.16. The summed E-state index contributed by atoms with van der Waals surface area (Å²) < 4.78 is 0. The van der Waals surface area contributed by atoms with Gasteiger partial charge in [-0.2, -0.15) is 0 Å². The van der Waals surface area contributed by atoms with Gasteiger partial charge in [-0.1, -0.05) is 58.1 Å². The predicted octanol–water partition coefficient (Wildman–Crippen LogP) is 4.91. The minimum absolute atomic E-state index is 1.03. The van der Waals surface area contributed by atoms with E-state index in [1.165, 1.54) is 44.9 Å². The second-order valence-electron chi connectivity index (χ2n) is 3.67. The molecule has 0 aromatic carbocycles. The SMILES string of the molecule is [CH2]CC/C=C/CCCCCCCC. The normalized spacial score (nSPS) is 11.2. The fraction of sp³-hybridized carbons (Fsp3) is 0.769. The second-order valence-corrected chi connectivity index (χ2v) is 3.67. The lowest BCUT2D eigenvalue weighted by atomic mass is 10.1. The van der Waals surface area contributed by atoms with Gasteiger partial charge in [0.1, 0.15) is 0 Å². The minimum Gasteiger partial charge on any atom is -0.0885 e.